The molecule has 1 aliphatic heterocycles. The fourth-order valence-corrected chi connectivity index (χ4v) is 2.17. The van der Waals surface area contributed by atoms with Crippen molar-refractivity contribution in [3.8, 4) is 5.88 Å². The Labute approximate surface area is 125 Å². The van der Waals surface area contributed by atoms with E-state index in [-0.39, 0.29) is 6.09 Å². The molecule has 0 bridgehead atoms. The van der Waals surface area contributed by atoms with Crippen LogP contribution in [0, 0.1) is 12.8 Å². The van der Waals surface area contributed by atoms with E-state index < -0.39 is 5.60 Å². The summed E-state index contributed by atoms with van der Waals surface area (Å²) in [6, 6.07) is 1.81. The summed E-state index contributed by atoms with van der Waals surface area (Å²) in [5.74, 6) is 0.894. The third-order valence-electron chi connectivity index (χ3n) is 3.18. The molecule has 1 aliphatic rings. The Morgan fingerprint density at radius 3 is 2.86 bits per heavy atom. The number of aromatic nitrogens is 2. The maximum Gasteiger partial charge on any atom is 0.410 e. The number of carbonyl (C=O) groups is 1. The molecule has 0 spiro atoms. The van der Waals surface area contributed by atoms with Crippen molar-refractivity contribution in [2.45, 2.75) is 39.7 Å². The summed E-state index contributed by atoms with van der Waals surface area (Å²) in [5.41, 5.74) is 0.422. The van der Waals surface area contributed by atoms with Crippen molar-refractivity contribution in [1.82, 2.24) is 14.9 Å². The van der Waals surface area contributed by atoms with E-state index in [1.54, 1.807) is 11.0 Å². The van der Waals surface area contributed by atoms with E-state index in [2.05, 4.69) is 9.97 Å². The first kappa shape index (κ1) is 15.5. The molecule has 2 rings (SSSR count). The van der Waals surface area contributed by atoms with Gasteiger partial charge in [0.05, 0.1) is 6.61 Å². The van der Waals surface area contributed by atoms with E-state index in [9.17, 15) is 4.79 Å². The van der Waals surface area contributed by atoms with E-state index in [1.165, 1.54) is 6.33 Å². The maximum atomic E-state index is 12.0. The van der Waals surface area contributed by atoms with Gasteiger partial charge in [0.2, 0.25) is 5.88 Å². The van der Waals surface area contributed by atoms with Gasteiger partial charge in [-0.25, -0.2) is 14.8 Å². The molecular formula is C15H23N3O3. The standard InChI is InChI=1S/C15H23N3O3/c1-11-7-13(17-10-16-11)20-9-12-5-6-18(8-12)14(19)21-15(2,3)4/h7,10,12H,5-6,8-9H2,1-4H3/t12-/m1/s1. The Kier molecular flexibility index (Phi) is 4.65. The Morgan fingerprint density at radius 1 is 1.43 bits per heavy atom. The van der Waals surface area contributed by atoms with Crippen LogP contribution in [0.3, 0.4) is 0 Å². The fourth-order valence-electron chi connectivity index (χ4n) is 2.17. The summed E-state index contributed by atoms with van der Waals surface area (Å²) in [6.07, 6.45) is 2.16. The van der Waals surface area contributed by atoms with Crippen LogP contribution in [0.25, 0.3) is 0 Å². The van der Waals surface area contributed by atoms with E-state index in [1.807, 2.05) is 27.7 Å². The highest BCUT2D eigenvalue weighted by Crippen LogP contribution is 2.20. The summed E-state index contributed by atoms with van der Waals surface area (Å²) in [6.45, 7) is 9.45. The summed E-state index contributed by atoms with van der Waals surface area (Å²) in [5, 5.41) is 0. The van der Waals surface area contributed by atoms with E-state index in [0.717, 1.165) is 12.1 Å². The minimum absolute atomic E-state index is 0.247. The number of likely N-dealkylation sites (tertiary alicyclic amines) is 1. The molecule has 0 N–H and O–H groups in total. The van der Waals surface area contributed by atoms with Crippen molar-refractivity contribution in [1.29, 1.82) is 0 Å². The van der Waals surface area contributed by atoms with Crippen LogP contribution >= 0.6 is 0 Å². The SMILES string of the molecule is Cc1cc(OC[C@@H]2CCN(C(=O)OC(C)(C)C)C2)ncn1. The second-order valence-electron chi connectivity index (χ2n) is 6.39. The summed E-state index contributed by atoms with van der Waals surface area (Å²) >= 11 is 0. The zero-order valence-electron chi connectivity index (χ0n) is 13.1. The molecule has 0 aliphatic carbocycles. The first-order valence-electron chi connectivity index (χ1n) is 7.23. The molecule has 6 heteroatoms. The lowest BCUT2D eigenvalue weighted by molar-refractivity contribution is 0.0284. The molecule has 116 valence electrons. The van der Waals surface area contributed by atoms with Crippen LogP contribution in [0.1, 0.15) is 32.9 Å². The topological polar surface area (TPSA) is 64.5 Å². The van der Waals surface area contributed by atoms with Gasteiger partial charge < -0.3 is 14.4 Å². The van der Waals surface area contributed by atoms with Crippen molar-refractivity contribution in [2.24, 2.45) is 5.92 Å². The fraction of sp³-hybridized carbons (Fsp3) is 0.667. The number of carbonyl (C=O) groups excluding carboxylic acids is 1. The molecule has 0 unspecified atom stereocenters. The number of ether oxygens (including phenoxy) is 2. The number of nitrogens with zero attached hydrogens (tertiary/aromatic N) is 3. The Morgan fingerprint density at radius 2 is 2.19 bits per heavy atom. The Balaban J connectivity index is 1.79. The minimum Gasteiger partial charge on any atom is -0.477 e. The summed E-state index contributed by atoms with van der Waals surface area (Å²) in [4.78, 5) is 21.8. The maximum absolute atomic E-state index is 12.0. The van der Waals surface area contributed by atoms with Gasteiger partial charge in [-0.05, 0) is 34.1 Å². The molecule has 0 saturated carbocycles. The van der Waals surface area contributed by atoms with Gasteiger partial charge in [-0.2, -0.15) is 0 Å². The lowest BCUT2D eigenvalue weighted by Crippen LogP contribution is -2.35. The lowest BCUT2D eigenvalue weighted by atomic mass is 10.1. The molecule has 1 aromatic heterocycles. The predicted octanol–water partition coefficient (Wildman–Crippen LogP) is 2.42. The van der Waals surface area contributed by atoms with Crippen LogP contribution in [0.15, 0.2) is 12.4 Å². The van der Waals surface area contributed by atoms with Gasteiger partial charge in [0.15, 0.2) is 0 Å². The van der Waals surface area contributed by atoms with Gasteiger partial charge in [-0.1, -0.05) is 0 Å². The van der Waals surface area contributed by atoms with Crippen LogP contribution in [-0.2, 0) is 4.74 Å². The Hall–Kier alpha value is -1.85. The monoisotopic (exact) mass is 293 g/mol. The lowest BCUT2D eigenvalue weighted by Gasteiger charge is -2.24. The minimum atomic E-state index is -0.454. The van der Waals surface area contributed by atoms with Crippen molar-refractivity contribution >= 4 is 6.09 Å². The average Bonchev–Trinajstić information content (AvgIpc) is 2.83. The molecule has 1 amide bonds. The second-order valence-corrected chi connectivity index (χ2v) is 6.39. The molecule has 2 heterocycles. The van der Waals surface area contributed by atoms with Gasteiger partial charge in [-0.3, -0.25) is 0 Å². The zero-order chi connectivity index (χ0) is 15.5. The van der Waals surface area contributed by atoms with E-state index in [0.29, 0.717) is 31.5 Å². The molecule has 21 heavy (non-hydrogen) atoms. The quantitative estimate of drug-likeness (QED) is 0.856. The van der Waals surface area contributed by atoms with Crippen LogP contribution < -0.4 is 4.74 Å². The highest BCUT2D eigenvalue weighted by atomic mass is 16.6. The normalized spacial score (nSPS) is 18.7. The zero-order valence-corrected chi connectivity index (χ0v) is 13.1. The molecule has 6 nitrogen and oxygen atoms in total. The predicted molar refractivity (Wildman–Crippen MR) is 78.2 cm³/mol. The van der Waals surface area contributed by atoms with Crippen LogP contribution in [0.4, 0.5) is 4.79 Å². The van der Waals surface area contributed by atoms with Gasteiger partial charge in [0, 0.05) is 30.8 Å². The highest BCUT2D eigenvalue weighted by molar-refractivity contribution is 5.68. The molecule has 1 fully saturated rings. The second kappa shape index (κ2) is 6.28. The van der Waals surface area contributed by atoms with Gasteiger partial charge in [0.1, 0.15) is 11.9 Å². The van der Waals surface area contributed by atoms with Gasteiger partial charge >= 0.3 is 6.09 Å². The number of hydrogen-bond donors (Lipinski definition) is 0. The van der Waals surface area contributed by atoms with Crippen LogP contribution in [-0.4, -0.2) is 46.3 Å². The van der Waals surface area contributed by atoms with Gasteiger partial charge in [0.25, 0.3) is 0 Å². The molecule has 1 atom stereocenters. The first-order valence-corrected chi connectivity index (χ1v) is 7.23. The van der Waals surface area contributed by atoms with Gasteiger partial charge in [-0.15, -0.1) is 0 Å². The van der Waals surface area contributed by atoms with Crippen molar-refractivity contribution < 1.29 is 14.3 Å². The number of rotatable bonds is 3. The Bertz CT molecular complexity index is 499. The molecule has 1 saturated heterocycles. The van der Waals surface area contributed by atoms with Crippen LogP contribution in [0.2, 0.25) is 0 Å². The molecule has 1 aromatic rings. The third kappa shape index (κ3) is 4.88. The van der Waals surface area contributed by atoms with Crippen molar-refractivity contribution in [2.75, 3.05) is 19.7 Å². The number of aryl methyl sites for hydroxylation is 1. The molecular weight excluding hydrogens is 270 g/mol. The first-order chi connectivity index (χ1) is 9.83. The van der Waals surface area contributed by atoms with Crippen molar-refractivity contribution in [3.05, 3.63) is 18.1 Å². The van der Waals surface area contributed by atoms with Crippen LogP contribution in [0.5, 0.6) is 5.88 Å². The number of hydrogen-bond acceptors (Lipinski definition) is 5. The third-order valence-corrected chi connectivity index (χ3v) is 3.18. The summed E-state index contributed by atoms with van der Waals surface area (Å²) in [7, 11) is 0. The molecule has 0 aromatic carbocycles. The largest absolute Gasteiger partial charge is 0.477 e. The van der Waals surface area contributed by atoms with Crippen molar-refractivity contribution in [3.63, 3.8) is 0 Å². The summed E-state index contributed by atoms with van der Waals surface area (Å²) < 4.78 is 11.0. The highest BCUT2D eigenvalue weighted by Gasteiger charge is 2.30. The average molecular weight is 293 g/mol. The van der Waals surface area contributed by atoms with E-state index >= 15 is 0 Å². The smallest absolute Gasteiger partial charge is 0.410 e. The van der Waals surface area contributed by atoms with E-state index in [4.69, 9.17) is 9.47 Å². The number of amides is 1. The molecule has 0 radical (unpaired) electrons.